The number of benzene rings is 1. The second kappa shape index (κ2) is 12.9. The fourth-order valence-corrected chi connectivity index (χ4v) is 5.36. The molecule has 11 nitrogen and oxygen atoms in total. The van der Waals surface area contributed by atoms with E-state index in [1.807, 2.05) is 6.07 Å². The third kappa shape index (κ3) is 8.19. The summed E-state index contributed by atoms with van der Waals surface area (Å²) in [6.07, 6.45) is -1.17. The molecule has 42 heavy (non-hydrogen) atoms. The van der Waals surface area contributed by atoms with Gasteiger partial charge >= 0.3 is 6.36 Å². The highest BCUT2D eigenvalue weighted by Gasteiger charge is 2.31. The number of halogens is 3. The zero-order chi connectivity index (χ0) is 29.5. The van der Waals surface area contributed by atoms with Crippen molar-refractivity contribution in [3.63, 3.8) is 0 Å². The number of nitrogens with zero attached hydrogens (tertiary/aromatic N) is 7. The number of carbonyl (C=O) groups is 1. The Balaban J connectivity index is 1.11. The van der Waals surface area contributed by atoms with Gasteiger partial charge in [0.2, 0.25) is 11.0 Å². The molecule has 218 valence electrons. The number of nitrogens with two attached hydrogens (primary N) is 1. The number of amides is 1. The molecule has 1 aliphatic heterocycles. The van der Waals surface area contributed by atoms with Crippen molar-refractivity contribution in [3.8, 4) is 5.75 Å². The molecule has 1 aromatic carbocycles. The Hall–Kier alpha value is -4.66. The van der Waals surface area contributed by atoms with Crippen molar-refractivity contribution >= 4 is 39.8 Å². The molecular formula is C27H26F3N9O2S. The normalized spacial score (nSPS) is 14.5. The Morgan fingerprint density at radius 3 is 2.60 bits per heavy atom. The fourth-order valence-electron chi connectivity index (χ4n) is 4.43. The maximum absolute atomic E-state index is 12.5. The van der Waals surface area contributed by atoms with E-state index in [9.17, 15) is 18.0 Å². The lowest BCUT2D eigenvalue weighted by Gasteiger charge is -2.31. The van der Waals surface area contributed by atoms with Crippen molar-refractivity contribution in [2.45, 2.75) is 38.0 Å². The van der Waals surface area contributed by atoms with Crippen LogP contribution in [0.4, 0.5) is 29.9 Å². The molecule has 0 unspecified atom stereocenters. The zero-order valence-corrected chi connectivity index (χ0v) is 23.0. The quantitative estimate of drug-likeness (QED) is 0.212. The molecule has 0 saturated carbocycles. The van der Waals surface area contributed by atoms with Gasteiger partial charge in [-0.25, -0.2) is 4.99 Å². The van der Waals surface area contributed by atoms with E-state index in [0.717, 1.165) is 30.9 Å². The van der Waals surface area contributed by atoms with Gasteiger partial charge in [0, 0.05) is 37.3 Å². The van der Waals surface area contributed by atoms with Gasteiger partial charge in [-0.3, -0.25) is 9.78 Å². The van der Waals surface area contributed by atoms with Gasteiger partial charge in [-0.1, -0.05) is 29.5 Å². The average Bonchev–Trinajstić information content (AvgIpc) is 3.41. The average molecular weight is 598 g/mol. The predicted octanol–water partition coefficient (Wildman–Crippen LogP) is 4.42. The fraction of sp³-hybridized carbons (Fsp3) is 0.296. The van der Waals surface area contributed by atoms with Gasteiger partial charge in [-0.2, -0.15) is 0 Å². The topological polar surface area (TPSA) is 144 Å². The van der Waals surface area contributed by atoms with E-state index in [-0.39, 0.29) is 36.3 Å². The minimum absolute atomic E-state index is 0.118. The van der Waals surface area contributed by atoms with Crippen LogP contribution in [0.25, 0.3) is 0 Å². The van der Waals surface area contributed by atoms with Crippen LogP contribution in [-0.4, -0.2) is 56.6 Å². The molecule has 3 aromatic heterocycles. The molecule has 0 bridgehead atoms. The number of piperidine rings is 1. The molecule has 5 rings (SSSR count). The van der Waals surface area contributed by atoms with Gasteiger partial charge in [0.25, 0.3) is 0 Å². The van der Waals surface area contributed by atoms with Crippen LogP contribution in [0.5, 0.6) is 5.75 Å². The number of ether oxygens (including phenoxy) is 1. The lowest BCUT2D eigenvalue weighted by Crippen LogP contribution is -2.33. The maximum Gasteiger partial charge on any atom is 0.573 e. The van der Waals surface area contributed by atoms with Gasteiger partial charge in [-0.05, 0) is 54.8 Å². The number of aromatic nitrogens is 5. The minimum Gasteiger partial charge on any atom is -0.406 e. The first-order chi connectivity index (χ1) is 20.2. The summed E-state index contributed by atoms with van der Waals surface area (Å²) in [6.45, 7) is 1.47. The van der Waals surface area contributed by atoms with Crippen LogP contribution in [0.15, 0.2) is 65.8 Å². The van der Waals surface area contributed by atoms with Crippen molar-refractivity contribution in [2.24, 2.45) is 10.7 Å². The Morgan fingerprint density at radius 2 is 1.88 bits per heavy atom. The number of nitrogens with one attached hydrogen (secondary N) is 1. The maximum atomic E-state index is 12.5. The Bertz CT molecular complexity index is 1520. The highest BCUT2D eigenvalue weighted by molar-refractivity contribution is 7.15. The molecule has 1 amide bonds. The van der Waals surface area contributed by atoms with Crippen molar-refractivity contribution in [1.82, 2.24) is 25.4 Å². The first-order valence-electron chi connectivity index (χ1n) is 13.0. The lowest BCUT2D eigenvalue weighted by molar-refractivity contribution is -0.274. The van der Waals surface area contributed by atoms with Crippen LogP contribution in [0.3, 0.4) is 0 Å². The Labute approximate surface area is 242 Å². The number of pyridine rings is 1. The minimum atomic E-state index is -4.77. The third-order valence-corrected chi connectivity index (χ3v) is 7.34. The monoisotopic (exact) mass is 597 g/mol. The summed E-state index contributed by atoms with van der Waals surface area (Å²) >= 11 is 1.38. The van der Waals surface area contributed by atoms with Crippen LogP contribution < -0.4 is 20.7 Å². The van der Waals surface area contributed by atoms with E-state index < -0.39 is 6.36 Å². The van der Waals surface area contributed by atoms with Crippen molar-refractivity contribution in [3.05, 3.63) is 77.1 Å². The Morgan fingerprint density at radius 1 is 1.05 bits per heavy atom. The molecule has 1 saturated heterocycles. The van der Waals surface area contributed by atoms with E-state index in [0.29, 0.717) is 28.0 Å². The van der Waals surface area contributed by atoms with E-state index >= 15 is 0 Å². The number of hydrogen-bond acceptors (Lipinski definition) is 10. The highest BCUT2D eigenvalue weighted by atomic mass is 32.1. The number of aliphatic imine (C=N–C) groups is 1. The standard InChI is InChI=1S/C27H26F3N9O2S/c28-27(29,30)41-20-6-3-4-17(14-20)15-21(31)33-22-7-8-23(36-35-22)39-12-9-18(10-13-39)25-37-38-26(42-25)34-24(40)16-19-5-1-2-11-32-19/h1-8,11,14,18H,9-10,12-13,15-16H2,(H2,31,33,35)(H,34,38,40). The smallest absolute Gasteiger partial charge is 0.406 e. The number of amidine groups is 1. The molecule has 0 spiro atoms. The van der Waals surface area contributed by atoms with Crippen LogP contribution in [0, 0.1) is 0 Å². The first kappa shape index (κ1) is 28.9. The number of anilines is 2. The summed E-state index contributed by atoms with van der Waals surface area (Å²) in [7, 11) is 0. The number of alkyl halides is 3. The van der Waals surface area contributed by atoms with E-state index in [2.05, 4.69) is 45.3 Å². The van der Waals surface area contributed by atoms with Gasteiger partial charge in [0.1, 0.15) is 16.6 Å². The van der Waals surface area contributed by atoms with Crippen LogP contribution in [0.1, 0.15) is 35.0 Å². The molecule has 1 aliphatic rings. The van der Waals surface area contributed by atoms with E-state index in [1.165, 1.54) is 29.5 Å². The molecule has 4 aromatic rings. The molecule has 3 N–H and O–H groups in total. The van der Waals surface area contributed by atoms with Crippen molar-refractivity contribution < 1.29 is 22.7 Å². The second-order valence-corrected chi connectivity index (χ2v) is 10.5. The summed E-state index contributed by atoms with van der Waals surface area (Å²) in [5.74, 6) is 0.867. The van der Waals surface area contributed by atoms with E-state index in [1.54, 1.807) is 36.5 Å². The molecule has 1 fully saturated rings. The van der Waals surface area contributed by atoms with Gasteiger partial charge in [0.15, 0.2) is 11.6 Å². The predicted molar refractivity (Wildman–Crippen MR) is 151 cm³/mol. The first-order valence-corrected chi connectivity index (χ1v) is 13.8. The van der Waals surface area contributed by atoms with Crippen LogP contribution in [0.2, 0.25) is 0 Å². The molecule has 15 heteroatoms. The Kier molecular flexibility index (Phi) is 8.85. The third-order valence-electron chi connectivity index (χ3n) is 6.33. The number of rotatable bonds is 9. The van der Waals surface area contributed by atoms with E-state index in [4.69, 9.17) is 5.73 Å². The van der Waals surface area contributed by atoms with Gasteiger partial charge < -0.3 is 20.7 Å². The molecule has 4 heterocycles. The van der Waals surface area contributed by atoms with Gasteiger partial charge in [-0.15, -0.1) is 33.6 Å². The molecule has 0 atom stereocenters. The van der Waals surface area contributed by atoms with Crippen LogP contribution in [-0.2, 0) is 17.6 Å². The number of hydrogen-bond donors (Lipinski definition) is 2. The van der Waals surface area contributed by atoms with Crippen LogP contribution >= 0.6 is 11.3 Å². The lowest BCUT2D eigenvalue weighted by atomic mass is 9.98. The second-order valence-electron chi connectivity index (χ2n) is 9.48. The summed E-state index contributed by atoms with van der Waals surface area (Å²) in [5.41, 5.74) is 7.20. The summed E-state index contributed by atoms with van der Waals surface area (Å²) < 4.78 is 41.4. The SMILES string of the molecule is NC(Cc1cccc(OC(F)(F)F)c1)=Nc1ccc(N2CCC(c3nnc(NC(=O)Cc4ccccn4)s3)CC2)nn1. The van der Waals surface area contributed by atoms with Crippen molar-refractivity contribution in [1.29, 1.82) is 0 Å². The zero-order valence-electron chi connectivity index (χ0n) is 22.2. The number of carbonyl (C=O) groups excluding carboxylic acids is 1. The van der Waals surface area contributed by atoms with Gasteiger partial charge in [0.05, 0.1) is 6.42 Å². The largest absolute Gasteiger partial charge is 0.573 e. The summed E-state index contributed by atoms with van der Waals surface area (Å²) in [5, 5.41) is 21.0. The molecular weight excluding hydrogens is 571 g/mol. The molecule has 0 radical (unpaired) electrons. The molecule has 0 aliphatic carbocycles. The summed E-state index contributed by atoms with van der Waals surface area (Å²) in [6, 6.07) is 14.5. The highest BCUT2D eigenvalue weighted by Crippen LogP contribution is 2.33. The van der Waals surface area contributed by atoms with Crippen molar-refractivity contribution in [2.75, 3.05) is 23.3 Å². The summed E-state index contributed by atoms with van der Waals surface area (Å²) in [4.78, 5) is 22.8.